The molecule has 0 radical (unpaired) electrons. The number of aromatic nitrogens is 2. The zero-order chi connectivity index (χ0) is 22.0. The summed E-state index contributed by atoms with van der Waals surface area (Å²) in [6, 6.07) is 6.47. The van der Waals surface area contributed by atoms with Gasteiger partial charge in [0.2, 0.25) is 0 Å². The van der Waals surface area contributed by atoms with Gasteiger partial charge in [0, 0.05) is 17.4 Å². The van der Waals surface area contributed by atoms with Crippen LogP contribution >= 0.6 is 0 Å². The first-order valence-electron chi connectivity index (χ1n) is 9.72. The number of benzene rings is 1. The van der Waals surface area contributed by atoms with Gasteiger partial charge in [-0.1, -0.05) is 0 Å². The van der Waals surface area contributed by atoms with Gasteiger partial charge in [-0.05, 0) is 38.1 Å². The lowest BCUT2D eigenvalue weighted by Gasteiger charge is -2.61. The van der Waals surface area contributed by atoms with Crippen molar-refractivity contribution in [1.29, 1.82) is 0 Å². The SMILES string of the molecule is CC1(C)Oc2ccc(NC(=O)c3ccn(C(F)F)n3)cc2C2(COC(N)=N2)C12COC2. The first kappa shape index (κ1) is 19.7. The van der Waals surface area contributed by atoms with Gasteiger partial charge in [0.05, 0.1) is 18.6 Å². The van der Waals surface area contributed by atoms with E-state index in [1.807, 2.05) is 13.8 Å². The topological polar surface area (TPSA) is 113 Å². The van der Waals surface area contributed by atoms with E-state index in [1.165, 1.54) is 6.07 Å². The number of hydrogen-bond acceptors (Lipinski definition) is 7. The van der Waals surface area contributed by atoms with Crippen molar-refractivity contribution in [2.45, 2.75) is 31.5 Å². The van der Waals surface area contributed by atoms with Crippen LogP contribution in [-0.2, 0) is 15.0 Å². The minimum absolute atomic E-state index is 0.0851. The molecule has 3 aliphatic rings. The Balaban J connectivity index is 1.53. The van der Waals surface area contributed by atoms with Gasteiger partial charge in [0.25, 0.3) is 11.9 Å². The molecule has 164 valence electrons. The number of nitrogens with zero attached hydrogens (tertiary/aromatic N) is 3. The number of fused-ring (bicyclic) bond motifs is 3. The maximum absolute atomic E-state index is 12.7. The number of alkyl halides is 2. The van der Waals surface area contributed by atoms with Crippen molar-refractivity contribution >= 4 is 17.6 Å². The summed E-state index contributed by atoms with van der Waals surface area (Å²) in [5.41, 5.74) is 4.98. The van der Waals surface area contributed by atoms with Gasteiger partial charge in [-0.3, -0.25) is 4.79 Å². The molecule has 1 aromatic carbocycles. The normalized spacial score (nSPS) is 24.9. The van der Waals surface area contributed by atoms with E-state index in [1.54, 1.807) is 18.2 Å². The van der Waals surface area contributed by atoms with Crippen molar-refractivity contribution in [3.8, 4) is 5.75 Å². The van der Waals surface area contributed by atoms with Gasteiger partial charge in [-0.15, -0.1) is 0 Å². The van der Waals surface area contributed by atoms with Crippen molar-refractivity contribution in [3.05, 3.63) is 41.7 Å². The van der Waals surface area contributed by atoms with E-state index >= 15 is 0 Å². The highest BCUT2D eigenvalue weighted by atomic mass is 19.3. The van der Waals surface area contributed by atoms with E-state index in [9.17, 15) is 13.6 Å². The summed E-state index contributed by atoms with van der Waals surface area (Å²) in [7, 11) is 0. The molecule has 2 aromatic rings. The molecule has 1 saturated heterocycles. The Bertz CT molecular complexity index is 1090. The quantitative estimate of drug-likeness (QED) is 0.768. The van der Waals surface area contributed by atoms with E-state index in [0.29, 0.717) is 34.9 Å². The molecule has 3 aliphatic heterocycles. The molecule has 0 bridgehead atoms. The zero-order valence-electron chi connectivity index (χ0n) is 16.9. The predicted octanol–water partition coefficient (Wildman–Crippen LogP) is 2.26. The summed E-state index contributed by atoms with van der Waals surface area (Å²) in [5, 5.41) is 6.29. The van der Waals surface area contributed by atoms with Gasteiger partial charge in [-0.25, -0.2) is 9.67 Å². The fourth-order valence-electron chi connectivity index (χ4n) is 4.62. The highest BCUT2D eigenvalue weighted by Gasteiger charge is 2.71. The number of ether oxygens (including phenoxy) is 3. The first-order valence-corrected chi connectivity index (χ1v) is 9.72. The van der Waals surface area contributed by atoms with Crippen molar-refractivity contribution in [2.24, 2.45) is 16.1 Å². The molecule has 0 saturated carbocycles. The Hall–Kier alpha value is -3.21. The molecule has 3 N–H and O–H groups in total. The number of aliphatic imine (C=N–C) groups is 1. The number of hydrogen-bond donors (Lipinski definition) is 2. The number of rotatable bonds is 3. The average Bonchev–Trinajstić information content (AvgIpc) is 3.29. The molecule has 4 heterocycles. The molecule has 9 nitrogen and oxygen atoms in total. The van der Waals surface area contributed by atoms with Crippen LogP contribution in [0.15, 0.2) is 35.5 Å². The van der Waals surface area contributed by atoms with Crippen LogP contribution in [0.3, 0.4) is 0 Å². The average molecular weight is 433 g/mol. The van der Waals surface area contributed by atoms with Gasteiger partial charge in [-0.2, -0.15) is 13.9 Å². The molecule has 5 rings (SSSR count). The molecule has 1 aromatic heterocycles. The number of nitrogens with one attached hydrogen (secondary N) is 1. The van der Waals surface area contributed by atoms with Crippen LogP contribution in [0.4, 0.5) is 14.5 Å². The fraction of sp³-hybridized carbons (Fsp3) is 0.450. The number of carbonyl (C=O) groups excluding carboxylic acids is 1. The van der Waals surface area contributed by atoms with Crippen molar-refractivity contribution in [1.82, 2.24) is 9.78 Å². The number of carbonyl (C=O) groups is 1. The van der Waals surface area contributed by atoms with Crippen molar-refractivity contribution < 1.29 is 27.8 Å². The van der Waals surface area contributed by atoms with Crippen LogP contribution < -0.4 is 15.8 Å². The van der Waals surface area contributed by atoms with E-state index in [2.05, 4.69) is 10.4 Å². The van der Waals surface area contributed by atoms with E-state index in [4.69, 9.17) is 24.9 Å². The molecular weight excluding hydrogens is 412 g/mol. The van der Waals surface area contributed by atoms with Crippen LogP contribution in [-0.4, -0.2) is 47.1 Å². The molecule has 1 amide bonds. The number of amidine groups is 1. The highest BCUT2D eigenvalue weighted by molar-refractivity contribution is 6.02. The summed E-state index contributed by atoms with van der Waals surface area (Å²) < 4.78 is 43.4. The minimum atomic E-state index is -2.82. The Morgan fingerprint density at radius 2 is 2.03 bits per heavy atom. The number of halogens is 2. The molecule has 1 unspecified atom stereocenters. The Labute approximate surface area is 176 Å². The summed E-state index contributed by atoms with van der Waals surface area (Å²) in [6.07, 6.45) is 1.05. The highest BCUT2D eigenvalue weighted by Crippen LogP contribution is 2.62. The second-order valence-corrected chi connectivity index (χ2v) is 8.41. The maximum Gasteiger partial charge on any atom is 0.333 e. The van der Waals surface area contributed by atoms with Crippen molar-refractivity contribution in [3.63, 3.8) is 0 Å². The smallest absolute Gasteiger partial charge is 0.333 e. The third-order valence-electron chi connectivity index (χ3n) is 6.46. The van der Waals surface area contributed by atoms with Gasteiger partial charge in [0.15, 0.2) is 5.69 Å². The summed E-state index contributed by atoms with van der Waals surface area (Å²) in [4.78, 5) is 17.2. The molecular formula is C20H21F2N5O4. The Morgan fingerprint density at radius 1 is 1.26 bits per heavy atom. The third kappa shape index (κ3) is 2.65. The summed E-state index contributed by atoms with van der Waals surface area (Å²) >= 11 is 0. The van der Waals surface area contributed by atoms with Gasteiger partial charge < -0.3 is 25.3 Å². The van der Waals surface area contributed by atoms with Gasteiger partial charge in [0.1, 0.15) is 23.5 Å². The fourth-order valence-corrected chi connectivity index (χ4v) is 4.62. The maximum atomic E-state index is 12.7. The van der Waals surface area contributed by atoms with E-state index < -0.39 is 29.0 Å². The number of anilines is 1. The Kier molecular flexibility index (Phi) is 4.07. The second kappa shape index (κ2) is 6.39. The van der Waals surface area contributed by atoms with Gasteiger partial charge >= 0.3 is 6.55 Å². The lowest BCUT2D eigenvalue weighted by atomic mass is 9.55. The zero-order valence-corrected chi connectivity index (χ0v) is 16.9. The molecule has 1 atom stereocenters. The van der Waals surface area contributed by atoms with Crippen LogP contribution in [0.2, 0.25) is 0 Å². The van der Waals surface area contributed by atoms with E-state index in [0.717, 1.165) is 6.20 Å². The second-order valence-electron chi connectivity index (χ2n) is 8.41. The molecule has 2 spiro atoms. The van der Waals surface area contributed by atoms with Crippen LogP contribution in [0.25, 0.3) is 0 Å². The number of amides is 1. The first-order chi connectivity index (χ1) is 14.7. The summed E-state index contributed by atoms with van der Waals surface area (Å²) in [5.74, 6) is -0.0117. The minimum Gasteiger partial charge on any atom is -0.487 e. The standard InChI is InChI=1S/C20H21F2N5O4/c1-18(2)19(8-29-9-19)20(10-30-17(23)25-20)12-7-11(3-4-14(12)31-18)24-15(28)13-5-6-27(26-13)16(21)22/h3-7,16H,8-10H2,1-2H3,(H2,23,25)(H,24,28). The molecule has 11 heteroatoms. The van der Waals surface area contributed by atoms with Crippen molar-refractivity contribution in [2.75, 3.05) is 25.1 Å². The predicted molar refractivity (Wildman–Crippen MR) is 105 cm³/mol. The number of nitrogens with two attached hydrogens (primary N) is 1. The monoisotopic (exact) mass is 433 g/mol. The molecule has 31 heavy (non-hydrogen) atoms. The lowest BCUT2D eigenvalue weighted by Crippen LogP contribution is -2.71. The Morgan fingerprint density at radius 3 is 2.61 bits per heavy atom. The third-order valence-corrected chi connectivity index (χ3v) is 6.46. The summed E-state index contributed by atoms with van der Waals surface area (Å²) in [6.45, 7) is 2.20. The van der Waals surface area contributed by atoms with Crippen LogP contribution in [0.1, 0.15) is 36.4 Å². The molecule has 0 aliphatic carbocycles. The van der Waals surface area contributed by atoms with E-state index in [-0.39, 0.29) is 18.3 Å². The largest absolute Gasteiger partial charge is 0.487 e. The lowest BCUT2D eigenvalue weighted by molar-refractivity contribution is -0.247. The van der Waals surface area contributed by atoms with Crippen LogP contribution in [0.5, 0.6) is 5.75 Å². The van der Waals surface area contributed by atoms with Crippen LogP contribution in [0, 0.1) is 5.41 Å². The molecule has 1 fully saturated rings.